The van der Waals surface area contributed by atoms with E-state index in [4.69, 9.17) is 23.7 Å². The number of rotatable bonds is 12. The summed E-state index contributed by atoms with van der Waals surface area (Å²) in [6.45, 7) is 12.0. The van der Waals surface area contributed by atoms with Crippen LogP contribution in [0, 0.1) is 0 Å². The van der Waals surface area contributed by atoms with Gasteiger partial charge in [-0.25, -0.2) is 0 Å². The molecule has 0 unspecified atom stereocenters. The highest BCUT2D eigenvalue weighted by Gasteiger charge is 2.17. The van der Waals surface area contributed by atoms with Crippen molar-refractivity contribution in [2.45, 2.75) is 49.5 Å². The van der Waals surface area contributed by atoms with Crippen LogP contribution in [0.15, 0.2) is 30.3 Å². The smallest absolute Gasteiger partial charge is 0.251 e. The van der Waals surface area contributed by atoms with Gasteiger partial charge in [0.05, 0.1) is 33.0 Å². The maximum atomic E-state index is 11.7. The Morgan fingerprint density at radius 3 is 1.24 bits per heavy atom. The first kappa shape index (κ1) is 35.5. The van der Waals surface area contributed by atoms with Gasteiger partial charge in [-0.1, -0.05) is 14.9 Å². The van der Waals surface area contributed by atoms with Gasteiger partial charge in [-0.2, -0.15) is 0 Å². The lowest BCUT2D eigenvalue weighted by Gasteiger charge is -2.16. The molecule has 0 saturated carbocycles. The maximum Gasteiger partial charge on any atom is 0.251 e. The van der Waals surface area contributed by atoms with E-state index in [0.717, 1.165) is 0 Å². The quantitative estimate of drug-likeness (QED) is 0.387. The van der Waals surface area contributed by atoms with E-state index in [1.165, 1.54) is 0 Å². The highest BCUT2D eigenvalue weighted by molar-refractivity contribution is 5.95. The molecule has 2 aromatic carbocycles. The van der Waals surface area contributed by atoms with Crippen molar-refractivity contribution in [2.75, 3.05) is 47.1 Å². The largest absolute Gasteiger partial charge is 0.494 e. The van der Waals surface area contributed by atoms with Crippen LogP contribution in [0.3, 0.4) is 0 Å². The van der Waals surface area contributed by atoms with Gasteiger partial charge in [0, 0.05) is 31.3 Å². The van der Waals surface area contributed by atoms with Crippen molar-refractivity contribution in [3.8, 4) is 28.7 Å². The Balaban J connectivity index is 0. The van der Waals surface area contributed by atoms with Gasteiger partial charge in [-0.3, -0.25) is 9.59 Å². The van der Waals surface area contributed by atoms with Crippen molar-refractivity contribution in [3.63, 3.8) is 0 Å². The molecule has 0 spiro atoms. The number of nitrogens with one attached hydrogen (secondary N) is 2. The van der Waals surface area contributed by atoms with Crippen molar-refractivity contribution in [3.05, 3.63) is 41.5 Å². The maximum absolute atomic E-state index is 11.7. The summed E-state index contributed by atoms with van der Waals surface area (Å²) in [7, 11) is 3.18. The number of carbonyl (C=O) groups excluding carboxylic acids is 2. The van der Waals surface area contributed by atoms with Crippen LogP contribution < -0.4 is 34.3 Å². The van der Waals surface area contributed by atoms with Crippen LogP contribution in [0.1, 0.15) is 70.2 Å². The molecule has 0 radical (unpaired) electrons. The number of hydrogen-bond acceptors (Lipinski definition) is 7. The minimum absolute atomic E-state index is 0. The van der Waals surface area contributed by atoms with Gasteiger partial charge in [0.25, 0.3) is 11.8 Å². The summed E-state index contributed by atoms with van der Waals surface area (Å²) in [6, 6.07) is 8.50. The molecule has 0 aromatic heterocycles. The fourth-order valence-corrected chi connectivity index (χ4v) is 3.01. The van der Waals surface area contributed by atoms with E-state index < -0.39 is 0 Å². The van der Waals surface area contributed by atoms with Crippen molar-refractivity contribution in [1.29, 1.82) is 0 Å². The topological polar surface area (TPSA) is 104 Å². The summed E-state index contributed by atoms with van der Waals surface area (Å²) in [6.07, 6.45) is 0. The summed E-state index contributed by atoms with van der Waals surface area (Å²) < 4.78 is 27.4. The SMILES string of the molecule is C.C.CCOc1cc(C(=O)NC)cc(OCC)c1OCC.CCOc1cc(OCC)cc(C(=O)NC)c1. The molecule has 0 atom stereocenters. The number of ether oxygens (including phenoxy) is 5. The zero-order valence-electron chi connectivity index (χ0n) is 21.8. The van der Waals surface area contributed by atoms with E-state index in [9.17, 15) is 9.59 Å². The molecule has 0 bridgehead atoms. The molecule has 0 aliphatic heterocycles. The van der Waals surface area contributed by atoms with Gasteiger partial charge in [0.15, 0.2) is 11.5 Å². The molecule has 0 heterocycles. The summed E-state index contributed by atoms with van der Waals surface area (Å²) in [5.41, 5.74) is 1.02. The van der Waals surface area contributed by atoms with E-state index >= 15 is 0 Å². The molecule has 2 rings (SSSR count). The molecule has 2 aromatic rings. The van der Waals surface area contributed by atoms with E-state index in [0.29, 0.717) is 72.9 Å². The first-order valence-corrected chi connectivity index (χ1v) is 11.8. The average molecular weight is 523 g/mol. The third kappa shape index (κ3) is 11.3. The Morgan fingerprint density at radius 1 is 0.568 bits per heavy atom. The Bertz CT molecular complexity index is 897. The molecule has 2 N–H and O–H groups in total. The second-order valence-electron chi connectivity index (χ2n) is 6.82. The van der Waals surface area contributed by atoms with Crippen LogP contribution in [0.5, 0.6) is 28.7 Å². The minimum atomic E-state index is -0.190. The second-order valence-corrected chi connectivity index (χ2v) is 6.82. The Morgan fingerprint density at radius 2 is 0.919 bits per heavy atom. The number of benzene rings is 2. The third-order valence-corrected chi connectivity index (χ3v) is 4.39. The monoisotopic (exact) mass is 522 g/mol. The van der Waals surface area contributed by atoms with Crippen molar-refractivity contribution in [1.82, 2.24) is 10.6 Å². The molecule has 37 heavy (non-hydrogen) atoms. The summed E-state index contributed by atoms with van der Waals surface area (Å²) in [4.78, 5) is 23.2. The van der Waals surface area contributed by atoms with Gasteiger partial charge < -0.3 is 34.3 Å². The molecule has 9 heteroatoms. The summed E-state index contributed by atoms with van der Waals surface area (Å²) in [5.74, 6) is 2.54. The highest BCUT2D eigenvalue weighted by Crippen LogP contribution is 2.39. The average Bonchev–Trinajstić information content (AvgIpc) is 2.85. The van der Waals surface area contributed by atoms with Crippen LogP contribution in [-0.2, 0) is 0 Å². The zero-order valence-corrected chi connectivity index (χ0v) is 21.8. The molecule has 0 saturated heterocycles. The lowest BCUT2D eigenvalue weighted by Crippen LogP contribution is -2.18. The normalized spacial score (nSPS) is 9.27. The van der Waals surface area contributed by atoms with E-state index in [1.54, 1.807) is 44.4 Å². The molecule has 210 valence electrons. The first-order valence-electron chi connectivity index (χ1n) is 11.8. The third-order valence-electron chi connectivity index (χ3n) is 4.39. The number of hydrogen-bond donors (Lipinski definition) is 2. The van der Waals surface area contributed by atoms with Gasteiger partial charge >= 0.3 is 0 Å². The second kappa shape index (κ2) is 19.6. The van der Waals surface area contributed by atoms with Crippen LogP contribution in [0.25, 0.3) is 0 Å². The highest BCUT2D eigenvalue weighted by atomic mass is 16.5. The molecule has 0 fully saturated rings. The molecular weight excluding hydrogens is 476 g/mol. The zero-order chi connectivity index (χ0) is 26.2. The van der Waals surface area contributed by atoms with E-state index in [-0.39, 0.29) is 26.7 Å². The number of carbonyl (C=O) groups is 2. The predicted octanol–water partition coefficient (Wildman–Crippen LogP) is 5.36. The van der Waals surface area contributed by atoms with Gasteiger partial charge in [-0.15, -0.1) is 0 Å². The molecule has 2 amide bonds. The van der Waals surface area contributed by atoms with Crippen LogP contribution >= 0.6 is 0 Å². The van der Waals surface area contributed by atoms with E-state index in [2.05, 4.69) is 10.6 Å². The van der Waals surface area contributed by atoms with Crippen molar-refractivity contribution < 1.29 is 33.3 Å². The molecule has 9 nitrogen and oxygen atoms in total. The fourth-order valence-electron chi connectivity index (χ4n) is 3.01. The lowest BCUT2D eigenvalue weighted by molar-refractivity contribution is 0.0954. The fraction of sp³-hybridized carbons (Fsp3) is 0.500. The van der Waals surface area contributed by atoms with Crippen LogP contribution in [0.4, 0.5) is 0 Å². The van der Waals surface area contributed by atoms with Crippen LogP contribution in [-0.4, -0.2) is 58.9 Å². The Kier molecular flexibility index (Phi) is 18.8. The van der Waals surface area contributed by atoms with Crippen LogP contribution in [0.2, 0.25) is 0 Å². The predicted molar refractivity (Wildman–Crippen MR) is 149 cm³/mol. The Hall–Kier alpha value is -3.62. The van der Waals surface area contributed by atoms with Gasteiger partial charge in [0.2, 0.25) is 5.75 Å². The Labute approximate surface area is 222 Å². The summed E-state index contributed by atoms with van der Waals surface area (Å²) >= 11 is 0. The molecule has 0 aliphatic rings. The number of amides is 2. The van der Waals surface area contributed by atoms with E-state index in [1.807, 2.05) is 34.6 Å². The molecule has 0 aliphatic carbocycles. The standard InChI is InChI=1S/C14H21NO4.C12H17NO3.2CH4/c1-5-17-11-8-10(14(16)15-4)9-12(18-6-2)13(11)19-7-3;1-4-15-10-6-9(12(14)13-3)7-11(8-10)16-5-2;;/h8-9H,5-7H2,1-4H3,(H,15,16);6-8H,4-5H2,1-3H3,(H,13,14);2*1H4. The first-order chi connectivity index (χ1) is 16.9. The van der Waals surface area contributed by atoms with Crippen molar-refractivity contribution >= 4 is 11.8 Å². The lowest BCUT2D eigenvalue weighted by atomic mass is 10.1. The summed E-state index contributed by atoms with van der Waals surface area (Å²) in [5, 5.41) is 5.15. The van der Waals surface area contributed by atoms with Crippen molar-refractivity contribution in [2.24, 2.45) is 0 Å². The van der Waals surface area contributed by atoms with Gasteiger partial charge in [-0.05, 0) is 58.9 Å². The molecular formula is C28H46N2O7. The van der Waals surface area contributed by atoms with Gasteiger partial charge in [0.1, 0.15) is 11.5 Å². The minimum Gasteiger partial charge on any atom is -0.494 e.